The van der Waals surface area contributed by atoms with E-state index in [-0.39, 0.29) is 17.9 Å². The predicted octanol–water partition coefficient (Wildman–Crippen LogP) is 2.41. The molecule has 2 aliphatic heterocycles. The van der Waals surface area contributed by atoms with Gasteiger partial charge in [-0.2, -0.15) is 5.10 Å². The van der Waals surface area contributed by atoms with Crippen LogP contribution in [0.2, 0.25) is 0 Å². The summed E-state index contributed by atoms with van der Waals surface area (Å²) < 4.78 is 13.2. The molecule has 4 rings (SSSR count). The fraction of sp³-hybridized carbons (Fsp3) is 0.500. The minimum Gasteiger partial charge on any atom is -0.492 e. The molecule has 1 unspecified atom stereocenters. The van der Waals surface area contributed by atoms with Crippen molar-refractivity contribution in [3.63, 3.8) is 0 Å². The molecule has 0 bridgehead atoms. The van der Waals surface area contributed by atoms with Crippen LogP contribution in [0.15, 0.2) is 48.8 Å². The van der Waals surface area contributed by atoms with Gasteiger partial charge < -0.3 is 19.3 Å². The number of rotatable bonds is 7. The monoisotopic (exact) mass is 412 g/mol. The van der Waals surface area contributed by atoms with Crippen molar-refractivity contribution >= 4 is 12.0 Å². The van der Waals surface area contributed by atoms with Crippen molar-refractivity contribution < 1.29 is 19.1 Å². The van der Waals surface area contributed by atoms with Crippen LogP contribution in [0.3, 0.4) is 0 Å². The third-order valence-electron chi connectivity index (χ3n) is 5.84. The van der Waals surface area contributed by atoms with Crippen molar-refractivity contribution in [2.24, 2.45) is 5.92 Å². The minimum atomic E-state index is -0.494. The van der Waals surface area contributed by atoms with Gasteiger partial charge in [0.05, 0.1) is 25.6 Å². The van der Waals surface area contributed by atoms with E-state index in [1.165, 1.54) is 0 Å². The Labute approximate surface area is 176 Å². The molecule has 2 amide bonds. The average molecular weight is 412 g/mol. The van der Waals surface area contributed by atoms with Gasteiger partial charge in [0.1, 0.15) is 18.0 Å². The van der Waals surface area contributed by atoms with Crippen molar-refractivity contribution in [1.29, 1.82) is 0 Å². The van der Waals surface area contributed by atoms with Gasteiger partial charge in [0.25, 0.3) is 0 Å². The molecule has 0 saturated carbocycles. The van der Waals surface area contributed by atoms with E-state index in [9.17, 15) is 9.59 Å². The van der Waals surface area contributed by atoms with Crippen LogP contribution in [0.4, 0.5) is 4.79 Å². The van der Waals surface area contributed by atoms with E-state index in [1.807, 2.05) is 54.4 Å². The molecule has 1 aromatic carbocycles. The molecule has 2 saturated heterocycles. The number of benzene rings is 1. The molecule has 2 aromatic rings. The summed E-state index contributed by atoms with van der Waals surface area (Å²) in [5.41, 5.74) is -0.494. The highest BCUT2D eigenvalue weighted by Gasteiger charge is 2.47. The summed E-state index contributed by atoms with van der Waals surface area (Å²) in [6.07, 6.45) is 4.61. The summed E-state index contributed by atoms with van der Waals surface area (Å²) in [5, 5.41) is 4.17. The number of likely N-dealkylation sites (tertiary alicyclic amines) is 1. The molecule has 2 fully saturated rings. The molecular weight excluding hydrogens is 384 g/mol. The molecular formula is C22H28N4O4. The summed E-state index contributed by atoms with van der Waals surface area (Å²) >= 11 is 0. The molecule has 1 aromatic heterocycles. The van der Waals surface area contributed by atoms with E-state index in [1.54, 1.807) is 15.8 Å². The zero-order chi connectivity index (χ0) is 21.0. The van der Waals surface area contributed by atoms with Crippen LogP contribution in [0.5, 0.6) is 5.75 Å². The highest BCUT2D eigenvalue weighted by molar-refractivity contribution is 5.78. The number of piperidine rings is 1. The van der Waals surface area contributed by atoms with Crippen LogP contribution in [-0.4, -0.2) is 70.0 Å². The first-order valence-corrected chi connectivity index (χ1v) is 10.5. The van der Waals surface area contributed by atoms with Gasteiger partial charge in [-0.3, -0.25) is 9.48 Å². The highest BCUT2D eigenvalue weighted by Crippen LogP contribution is 2.33. The van der Waals surface area contributed by atoms with Crippen LogP contribution in [0, 0.1) is 5.92 Å². The quantitative estimate of drug-likeness (QED) is 0.698. The first-order chi connectivity index (χ1) is 14.5. The van der Waals surface area contributed by atoms with Gasteiger partial charge in [-0.05, 0) is 18.2 Å². The number of carbonyl (C=O) groups excluding carboxylic acids is 2. The Morgan fingerprint density at radius 2 is 2.00 bits per heavy atom. The van der Waals surface area contributed by atoms with Crippen molar-refractivity contribution in [3.05, 3.63) is 48.8 Å². The Balaban J connectivity index is 1.24. The Morgan fingerprint density at radius 1 is 1.23 bits per heavy atom. The number of amides is 2. The van der Waals surface area contributed by atoms with Crippen LogP contribution < -0.4 is 4.74 Å². The second-order valence-corrected chi connectivity index (χ2v) is 8.09. The van der Waals surface area contributed by atoms with Crippen molar-refractivity contribution in [2.45, 2.75) is 31.9 Å². The van der Waals surface area contributed by atoms with E-state index in [4.69, 9.17) is 9.47 Å². The van der Waals surface area contributed by atoms with E-state index in [0.29, 0.717) is 52.2 Å². The van der Waals surface area contributed by atoms with Crippen LogP contribution >= 0.6 is 0 Å². The number of para-hydroxylation sites is 1. The lowest BCUT2D eigenvalue weighted by Gasteiger charge is -2.38. The molecule has 1 atom stereocenters. The largest absolute Gasteiger partial charge is 0.492 e. The standard InChI is InChI=1S/C22H28N4O4/c1-18(16-26-11-5-10-23-26)20(27)24-12-8-22(9-13-24)17-25(21(28)30-22)14-15-29-19-6-3-2-4-7-19/h2-7,10-11,18H,8-9,12-17H2,1H3. The molecule has 2 aliphatic rings. The fourth-order valence-electron chi connectivity index (χ4n) is 4.13. The number of nitrogens with zero attached hydrogens (tertiary/aromatic N) is 4. The second kappa shape index (κ2) is 8.77. The van der Waals surface area contributed by atoms with Gasteiger partial charge in [-0.25, -0.2) is 4.79 Å². The Hall–Kier alpha value is -3.03. The lowest BCUT2D eigenvalue weighted by molar-refractivity contribution is -0.138. The lowest BCUT2D eigenvalue weighted by Crippen LogP contribution is -2.50. The minimum absolute atomic E-state index is 0.123. The van der Waals surface area contributed by atoms with Crippen LogP contribution in [-0.2, 0) is 16.1 Å². The van der Waals surface area contributed by atoms with E-state index in [0.717, 1.165) is 5.75 Å². The second-order valence-electron chi connectivity index (χ2n) is 8.09. The van der Waals surface area contributed by atoms with Crippen LogP contribution in [0.25, 0.3) is 0 Å². The summed E-state index contributed by atoms with van der Waals surface area (Å²) in [4.78, 5) is 28.7. The zero-order valence-electron chi connectivity index (χ0n) is 17.3. The summed E-state index contributed by atoms with van der Waals surface area (Å²) in [6.45, 7) is 5.16. The Bertz CT molecular complexity index is 847. The number of carbonyl (C=O) groups is 2. The van der Waals surface area contributed by atoms with E-state index in [2.05, 4.69) is 5.10 Å². The fourth-order valence-corrected chi connectivity index (χ4v) is 4.13. The van der Waals surface area contributed by atoms with Crippen molar-refractivity contribution in [1.82, 2.24) is 19.6 Å². The van der Waals surface area contributed by atoms with Gasteiger partial charge in [0, 0.05) is 38.3 Å². The van der Waals surface area contributed by atoms with Crippen molar-refractivity contribution in [2.75, 3.05) is 32.8 Å². The van der Waals surface area contributed by atoms with Gasteiger partial charge in [-0.1, -0.05) is 25.1 Å². The maximum Gasteiger partial charge on any atom is 0.410 e. The lowest BCUT2D eigenvalue weighted by atomic mass is 9.90. The van der Waals surface area contributed by atoms with Crippen molar-refractivity contribution in [3.8, 4) is 5.75 Å². The first-order valence-electron chi connectivity index (χ1n) is 10.5. The smallest absolute Gasteiger partial charge is 0.410 e. The average Bonchev–Trinajstić information content (AvgIpc) is 3.37. The van der Waals surface area contributed by atoms with Gasteiger partial charge in [0.2, 0.25) is 5.91 Å². The SMILES string of the molecule is CC(Cn1cccn1)C(=O)N1CCC2(CC1)CN(CCOc1ccccc1)C(=O)O2. The topological polar surface area (TPSA) is 76.9 Å². The van der Waals surface area contributed by atoms with E-state index < -0.39 is 5.60 Å². The molecule has 8 heteroatoms. The summed E-state index contributed by atoms with van der Waals surface area (Å²) in [5.74, 6) is 0.769. The number of ether oxygens (including phenoxy) is 2. The van der Waals surface area contributed by atoms with Crippen LogP contribution in [0.1, 0.15) is 19.8 Å². The molecule has 3 heterocycles. The van der Waals surface area contributed by atoms with Gasteiger partial charge in [-0.15, -0.1) is 0 Å². The zero-order valence-corrected chi connectivity index (χ0v) is 17.3. The molecule has 160 valence electrons. The Kier molecular flexibility index (Phi) is 5.92. The summed E-state index contributed by atoms with van der Waals surface area (Å²) in [6, 6.07) is 11.4. The number of hydrogen-bond acceptors (Lipinski definition) is 5. The third-order valence-corrected chi connectivity index (χ3v) is 5.84. The normalized spacial score (nSPS) is 19.0. The molecule has 0 aliphatic carbocycles. The van der Waals surface area contributed by atoms with E-state index >= 15 is 0 Å². The molecule has 30 heavy (non-hydrogen) atoms. The molecule has 0 N–H and O–H groups in total. The van der Waals surface area contributed by atoms with Gasteiger partial charge >= 0.3 is 6.09 Å². The summed E-state index contributed by atoms with van der Waals surface area (Å²) in [7, 11) is 0. The highest BCUT2D eigenvalue weighted by atomic mass is 16.6. The molecule has 8 nitrogen and oxygen atoms in total. The number of aromatic nitrogens is 2. The maximum atomic E-state index is 12.8. The third kappa shape index (κ3) is 4.58. The first kappa shape index (κ1) is 20.3. The molecule has 1 spiro atoms. The predicted molar refractivity (Wildman–Crippen MR) is 110 cm³/mol. The van der Waals surface area contributed by atoms with Gasteiger partial charge in [0.15, 0.2) is 0 Å². The number of hydrogen-bond donors (Lipinski definition) is 0. The molecule has 0 radical (unpaired) electrons. The maximum absolute atomic E-state index is 12.8. The Morgan fingerprint density at radius 3 is 2.70 bits per heavy atom.